The second-order valence-electron chi connectivity index (χ2n) is 5.39. The quantitative estimate of drug-likeness (QED) is 0.704. The molecule has 1 aliphatic heterocycles. The zero-order valence-electron chi connectivity index (χ0n) is 11.9. The maximum absolute atomic E-state index is 5.42. The van der Waals surface area contributed by atoms with Gasteiger partial charge in [-0.2, -0.15) is 4.98 Å². The van der Waals surface area contributed by atoms with Crippen LogP contribution >= 0.6 is 34.9 Å². The Kier molecular flexibility index (Phi) is 3.96. The van der Waals surface area contributed by atoms with E-state index in [0.717, 1.165) is 23.9 Å². The van der Waals surface area contributed by atoms with Gasteiger partial charge in [-0.05, 0) is 48.0 Å². The molecule has 4 heterocycles. The van der Waals surface area contributed by atoms with Crippen molar-refractivity contribution in [2.75, 3.05) is 6.54 Å². The molecule has 7 heteroatoms. The second kappa shape index (κ2) is 6.08. The molecule has 0 amide bonds. The fourth-order valence-electron chi connectivity index (χ4n) is 2.96. The lowest BCUT2D eigenvalue weighted by molar-refractivity contribution is 0.192. The van der Waals surface area contributed by atoms with Crippen LogP contribution in [-0.4, -0.2) is 26.2 Å². The molecule has 114 valence electrons. The Morgan fingerprint density at radius 1 is 1.27 bits per heavy atom. The first-order chi connectivity index (χ1) is 10.8. The topological polar surface area (TPSA) is 36.9 Å². The minimum absolute atomic E-state index is 0.510. The Hall–Kier alpha value is -1.28. The monoisotopic (exact) mass is 348 g/mol. The van der Waals surface area contributed by atoms with Crippen molar-refractivity contribution in [3.8, 4) is 10.7 Å². The standard InChI is InChI=1S/C15H16N4S3/c20-15-16-14(13-6-3-9-22-13)17-19(15)10-18-7-1-4-11(18)12-5-2-8-21-12/h2-3,5-6,8-9,11H,1,4,7,10H2,(H,16,17,20)/t11-/m0/s1. The molecular weight excluding hydrogens is 332 g/mol. The third-order valence-electron chi connectivity index (χ3n) is 3.99. The lowest BCUT2D eigenvalue weighted by atomic mass is 10.2. The molecule has 3 aromatic rings. The Labute approximate surface area is 142 Å². The number of rotatable bonds is 4. The van der Waals surface area contributed by atoms with Crippen molar-refractivity contribution < 1.29 is 0 Å². The molecule has 0 spiro atoms. The normalized spacial score (nSPS) is 19.0. The summed E-state index contributed by atoms with van der Waals surface area (Å²) in [5.41, 5.74) is 0. The van der Waals surface area contributed by atoms with E-state index in [1.54, 1.807) is 11.3 Å². The molecule has 4 rings (SSSR count). The van der Waals surface area contributed by atoms with E-state index in [-0.39, 0.29) is 0 Å². The van der Waals surface area contributed by atoms with E-state index in [4.69, 9.17) is 12.2 Å². The Bertz CT molecular complexity index is 785. The van der Waals surface area contributed by atoms with E-state index in [1.807, 2.05) is 22.1 Å². The van der Waals surface area contributed by atoms with E-state index in [2.05, 4.69) is 43.9 Å². The highest BCUT2D eigenvalue weighted by Crippen LogP contribution is 2.34. The molecule has 0 aliphatic carbocycles. The average Bonchev–Trinajstić information content (AvgIpc) is 3.27. The molecule has 1 N–H and O–H groups in total. The summed E-state index contributed by atoms with van der Waals surface area (Å²) in [6.07, 6.45) is 2.46. The maximum atomic E-state index is 5.42. The number of aromatic amines is 1. The number of hydrogen-bond acceptors (Lipinski definition) is 5. The minimum Gasteiger partial charge on any atom is -0.277 e. The lowest BCUT2D eigenvalue weighted by Gasteiger charge is -2.23. The summed E-state index contributed by atoms with van der Waals surface area (Å²) >= 11 is 8.94. The van der Waals surface area contributed by atoms with Crippen LogP contribution in [0.5, 0.6) is 0 Å². The number of nitrogens with one attached hydrogen (secondary N) is 1. The molecule has 4 nitrogen and oxygen atoms in total. The SMILES string of the molecule is S=c1nc(-c2cccs2)[nH]n1CN1CCC[C@H]1c1cccs1. The summed E-state index contributed by atoms with van der Waals surface area (Å²) in [6.45, 7) is 1.89. The van der Waals surface area contributed by atoms with Gasteiger partial charge in [0.25, 0.3) is 0 Å². The Morgan fingerprint density at radius 2 is 2.14 bits per heavy atom. The zero-order chi connectivity index (χ0) is 14.9. The van der Waals surface area contributed by atoms with Crippen LogP contribution in [0.1, 0.15) is 23.8 Å². The van der Waals surface area contributed by atoms with E-state index >= 15 is 0 Å². The smallest absolute Gasteiger partial charge is 0.217 e. The van der Waals surface area contributed by atoms with Crippen LogP contribution in [0.15, 0.2) is 35.0 Å². The average molecular weight is 349 g/mol. The molecule has 1 saturated heterocycles. The van der Waals surface area contributed by atoms with Gasteiger partial charge >= 0.3 is 0 Å². The number of hydrogen-bond donors (Lipinski definition) is 1. The molecule has 3 aromatic heterocycles. The molecule has 1 aliphatic rings. The van der Waals surface area contributed by atoms with Crippen LogP contribution in [0.3, 0.4) is 0 Å². The number of thiophene rings is 2. The summed E-state index contributed by atoms with van der Waals surface area (Å²) in [6, 6.07) is 8.97. The van der Waals surface area contributed by atoms with Gasteiger partial charge in [0.1, 0.15) is 0 Å². The van der Waals surface area contributed by atoms with Gasteiger partial charge in [0.15, 0.2) is 5.82 Å². The minimum atomic E-state index is 0.510. The van der Waals surface area contributed by atoms with E-state index in [1.165, 1.54) is 17.7 Å². The highest BCUT2D eigenvalue weighted by atomic mass is 32.1. The molecule has 0 bridgehead atoms. The fourth-order valence-corrected chi connectivity index (χ4v) is 4.71. The van der Waals surface area contributed by atoms with Gasteiger partial charge in [0, 0.05) is 17.5 Å². The summed E-state index contributed by atoms with van der Waals surface area (Å²) < 4.78 is 2.61. The zero-order valence-corrected chi connectivity index (χ0v) is 14.4. The lowest BCUT2D eigenvalue weighted by Crippen LogP contribution is -2.26. The maximum Gasteiger partial charge on any atom is 0.217 e. The first kappa shape index (κ1) is 14.3. The molecule has 0 saturated carbocycles. The summed E-state index contributed by atoms with van der Waals surface area (Å²) in [7, 11) is 0. The molecule has 0 aromatic carbocycles. The summed E-state index contributed by atoms with van der Waals surface area (Å²) in [5, 5.41) is 7.56. The molecule has 0 radical (unpaired) electrons. The predicted octanol–water partition coefficient (Wildman–Crippen LogP) is 4.53. The highest BCUT2D eigenvalue weighted by molar-refractivity contribution is 7.71. The Balaban J connectivity index is 1.57. The van der Waals surface area contributed by atoms with E-state index in [9.17, 15) is 0 Å². The number of aromatic nitrogens is 3. The van der Waals surface area contributed by atoms with Crippen molar-refractivity contribution in [2.24, 2.45) is 0 Å². The van der Waals surface area contributed by atoms with Gasteiger partial charge in [0.05, 0.1) is 11.5 Å². The number of likely N-dealkylation sites (tertiary alicyclic amines) is 1. The molecular formula is C15H16N4S3. The van der Waals surface area contributed by atoms with Crippen molar-refractivity contribution >= 4 is 34.9 Å². The molecule has 0 unspecified atom stereocenters. The van der Waals surface area contributed by atoms with E-state index < -0.39 is 0 Å². The van der Waals surface area contributed by atoms with Crippen LogP contribution in [0.25, 0.3) is 10.7 Å². The van der Waals surface area contributed by atoms with Gasteiger partial charge in [-0.3, -0.25) is 10.00 Å². The van der Waals surface area contributed by atoms with Crippen molar-refractivity contribution in [1.29, 1.82) is 0 Å². The van der Waals surface area contributed by atoms with Gasteiger partial charge in [0.2, 0.25) is 4.77 Å². The van der Waals surface area contributed by atoms with Crippen molar-refractivity contribution in [3.05, 3.63) is 44.7 Å². The van der Waals surface area contributed by atoms with E-state index in [0.29, 0.717) is 10.8 Å². The van der Waals surface area contributed by atoms with Gasteiger partial charge in [-0.1, -0.05) is 12.1 Å². The van der Waals surface area contributed by atoms with Crippen molar-refractivity contribution in [3.63, 3.8) is 0 Å². The van der Waals surface area contributed by atoms with Crippen molar-refractivity contribution in [1.82, 2.24) is 19.7 Å². The van der Waals surface area contributed by atoms with Crippen LogP contribution in [-0.2, 0) is 6.67 Å². The number of nitrogens with zero attached hydrogens (tertiary/aromatic N) is 3. The van der Waals surface area contributed by atoms with Crippen molar-refractivity contribution in [2.45, 2.75) is 25.6 Å². The van der Waals surface area contributed by atoms with Gasteiger partial charge < -0.3 is 0 Å². The van der Waals surface area contributed by atoms with Crippen LogP contribution in [0, 0.1) is 4.77 Å². The van der Waals surface area contributed by atoms with Gasteiger partial charge in [-0.25, -0.2) is 4.68 Å². The third kappa shape index (κ3) is 2.69. The van der Waals surface area contributed by atoms with Crippen LogP contribution < -0.4 is 0 Å². The summed E-state index contributed by atoms with van der Waals surface area (Å²) in [5.74, 6) is 0.867. The summed E-state index contributed by atoms with van der Waals surface area (Å²) in [4.78, 5) is 9.55. The van der Waals surface area contributed by atoms with Gasteiger partial charge in [-0.15, -0.1) is 22.7 Å². The van der Waals surface area contributed by atoms with Crippen LogP contribution in [0.2, 0.25) is 0 Å². The third-order valence-corrected chi connectivity index (χ3v) is 6.15. The second-order valence-corrected chi connectivity index (χ2v) is 7.68. The highest BCUT2D eigenvalue weighted by Gasteiger charge is 2.27. The largest absolute Gasteiger partial charge is 0.277 e. The number of H-pyrrole nitrogens is 1. The molecule has 1 atom stereocenters. The Morgan fingerprint density at radius 3 is 2.91 bits per heavy atom. The molecule has 22 heavy (non-hydrogen) atoms. The first-order valence-electron chi connectivity index (χ1n) is 7.29. The fraction of sp³-hybridized carbons (Fsp3) is 0.333. The predicted molar refractivity (Wildman–Crippen MR) is 93.7 cm³/mol. The van der Waals surface area contributed by atoms with Crippen LogP contribution in [0.4, 0.5) is 0 Å². The molecule has 1 fully saturated rings. The first-order valence-corrected chi connectivity index (χ1v) is 9.46.